The Balaban J connectivity index is 1.61. The maximum atomic E-state index is 13.1. The third-order valence-electron chi connectivity index (χ3n) is 6.51. The van der Waals surface area contributed by atoms with Gasteiger partial charge in [0.1, 0.15) is 17.2 Å². The van der Waals surface area contributed by atoms with Crippen molar-refractivity contribution < 1.29 is 4.74 Å². The summed E-state index contributed by atoms with van der Waals surface area (Å²) in [5.41, 5.74) is 0.186. The van der Waals surface area contributed by atoms with Crippen molar-refractivity contribution in [1.82, 2.24) is 14.0 Å². The van der Waals surface area contributed by atoms with Crippen LogP contribution in [0.3, 0.4) is 0 Å². The fraction of sp³-hybridized carbons (Fsp3) is 0.593. The number of benzene rings is 1. The van der Waals surface area contributed by atoms with Crippen LogP contribution in [0.15, 0.2) is 39.9 Å². The molecular formula is C27H39N5O3. The van der Waals surface area contributed by atoms with E-state index in [1.165, 1.54) is 4.57 Å². The maximum Gasteiger partial charge on any atom is 0.333 e. The molecule has 2 heterocycles. The van der Waals surface area contributed by atoms with Crippen molar-refractivity contribution in [2.24, 2.45) is 0 Å². The average Bonchev–Trinajstić information content (AvgIpc) is 2.78. The zero-order chi connectivity index (χ0) is 25.8. The third-order valence-corrected chi connectivity index (χ3v) is 6.51. The molecule has 35 heavy (non-hydrogen) atoms. The van der Waals surface area contributed by atoms with E-state index in [9.17, 15) is 9.59 Å². The van der Waals surface area contributed by atoms with E-state index in [0.29, 0.717) is 6.42 Å². The minimum absolute atomic E-state index is 0.0342. The molecule has 0 spiro atoms. The van der Waals surface area contributed by atoms with Crippen molar-refractivity contribution >= 4 is 5.82 Å². The number of nitrogens with zero attached hydrogens (tertiary/aromatic N) is 5. The molecule has 1 aliphatic heterocycles. The van der Waals surface area contributed by atoms with Crippen LogP contribution in [0, 0.1) is 11.3 Å². The molecule has 0 amide bonds. The number of piperazine rings is 1. The van der Waals surface area contributed by atoms with E-state index >= 15 is 0 Å². The number of rotatable bonds is 9. The lowest BCUT2D eigenvalue weighted by Gasteiger charge is -2.38. The van der Waals surface area contributed by atoms with Gasteiger partial charge in [0.15, 0.2) is 0 Å². The molecule has 1 aromatic heterocycles. The first-order valence-electron chi connectivity index (χ1n) is 12.5. The van der Waals surface area contributed by atoms with Gasteiger partial charge in [-0.1, -0.05) is 12.1 Å². The number of anilines is 1. The molecule has 0 unspecified atom stereocenters. The van der Waals surface area contributed by atoms with Crippen LogP contribution in [0.4, 0.5) is 5.82 Å². The van der Waals surface area contributed by atoms with Crippen LogP contribution >= 0.6 is 0 Å². The van der Waals surface area contributed by atoms with Crippen LogP contribution in [0.2, 0.25) is 0 Å². The van der Waals surface area contributed by atoms with Crippen LogP contribution in [-0.2, 0) is 6.42 Å². The van der Waals surface area contributed by atoms with Crippen LogP contribution < -0.4 is 20.9 Å². The smallest absolute Gasteiger partial charge is 0.333 e. The second-order valence-corrected chi connectivity index (χ2v) is 10.5. The van der Waals surface area contributed by atoms with Gasteiger partial charge in [-0.15, -0.1) is 0 Å². The Morgan fingerprint density at radius 1 is 0.971 bits per heavy atom. The second kappa shape index (κ2) is 11.1. The van der Waals surface area contributed by atoms with Crippen molar-refractivity contribution in [1.29, 1.82) is 5.26 Å². The van der Waals surface area contributed by atoms with Crippen molar-refractivity contribution in [3.05, 3.63) is 56.7 Å². The van der Waals surface area contributed by atoms with Gasteiger partial charge in [0, 0.05) is 50.9 Å². The average molecular weight is 482 g/mol. The summed E-state index contributed by atoms with van der Waals surface area (Å²) in [7, 11) is 0. The highest BCUT2D eigenvalue weighted by Gasteiger charge is 2.26. The van der Waals surface area contributed by atoms with Gasteiger partial charge < -0.3 is 9.64 Å². The van der Waals surface area contributed by atoms with Gasteiger partial charge in [0.05, 0.1) is 12.5 Å². The number of hydrogen-bond donors (Lipinski definition) is 0. The summed E-state index contributed by atoms with van der Waals surface area (Å²) in [6.07, 6.45) is 1.27. The zero-order valence-corrected chi connectivity index (χ0v) is 22.0. The number of hydrogen-bond acceptors (Lipinski definition) is 6. The van der Waals surface area contributed by atoms with E-state index in [-0.39, 0.29) is 28.9 Å². The van der Waals surface area contributed by atoms with E-state index in [0.717, 1.165) is 56.3 Å². The zero-order valence-electron chi connectivity index (χ0n) is 22.0. The van der Waals surface area contributed by atoms with E-state index in [1.54, 1.807) is 10.6 Å². The Morgan fingerprint density at radius 2 is 1.57 bits per heavy atom. The Morgan fingerprint density at radius 3 is 2.11 bits per heavy atom. The molecule has 1 fully saturated rings. The number of aromatic nitrogens is 2. The van der Waals surface area contributed by atoms with Gasteiger partial charge in [0.2, 0.25) is 0 Å². The molecule has 2 aromatic rings. The van der Waals surface area contributed by atoms with Crippen molar-refractivity contribution in [2.45, 2.75) is 72.1 Å². The topological polar surface area (TPSA) is 83.5 Å². The van der Waals surface area contributed by atoms with Gasteiger partial charge in [-0.3, -0.25) is 18.8 Å². The summed E-state index contributed by atoms with van der Waals surface area (Å²) in [5, 5.41) is 8.82. The van der Waals surface area contributed by atoms with Crippen molar-refractivity contribution in [2.75, 3.05) is 37.6 Å². The van der Waals surface area contributed by atoms with E-state index in [4.69, 9.17) is 10.00 Å². The van der Waals surface area contributed by atoms with Crippen LogP contribution in [0.5, 0.6) is 5.75 Å². The summed E-state index contributed by atoms with van der Waals surface area (Å²) < 4.78 is 9.30. The van der Waals surface area contributed by atoms with Crippen LogP contribution in [0.1, 0.15) is 65.6 Å². The molecule has 0 N–H and O–H groups in total. The standard InChI is InChI=1S/C27H39N5O3/c1-20(2)31-24(19-25(33)32(21(3)4)26(31)34)30-17-15-29(16-18-30)14-12-27(5,6)35-23-9-7-22(8-10-23)11-13-28/h7-10,19-21H,11-12,14-18H2,1-6H3. The SMILES string of the molecule is CC(C)n1c(N2CCN(CCC(C)(C)Oc3ccc(CC#N)cc3)CC2)cc(=O)n(C(C)C)c1=O. The Bertz CT molecular complexity index is 1150. The Hall–Kier alpha value is -3.05. The Kier molecular flexibility index (Phi) is 8.44. The molecule has 8 heteroatoms. The van der Waals surface area contributed by atoms with Gasteiger partial charge >= 0.3 is 5.69 Å². The van der Waals surface area contributed by atoms with Gasteiger partial charge in [-0.2, -0.15) is 5.26 Å². The summed E-state index contributed by atoms with van der Waals surface area (Å²) in [6.45, 7) is 16.0. The molecule has 0 radical (unpaired) electrons. The molecule has 0 atom stereocenters. The van der Waals surface area contributed by atoms with E-state index in [2.05, 4.69) is 29.7 Å². The molecule has 190 valence electrons. The van der Waals surface area contributed by atoms with Crippen LogP contribution in [0.25, 0.3) is 0 Å². The summed E-state index contributed by atoms with van der Waals surface area (Å²) in [4.78, 5) is 30.3. The fourth-order valence-corrected chi connectivity index (χ4v) is 4.53. The first-order chi connectivity index (χ1) is 16.5. The molecular weight excluding hydrogens is 442 g/mol. The number of nitriles is 1. The summed E-state index contributed by atoms with van der Waals surface area (Å²) >= 11 is 0. The van der Waals surface area contributed by atoms with Crippen molar-refractivity contribution in [3.63, 3.8) is 0 Å². The summed E-state index contributed by atoms with van der Waals surface area (Å²) in [5.74, 6) is 1.53. The molecule has 8 nitrogen and oxygen atoms in total. The minimum atomic E-state index is -0.326. The third kappa shape index (κ3) is 6.55. The number of ether oxygens (including phenoxy) is 1. The lowest BCUT2D eigenvalue weighted by molar-refractivity contribution is 0.0820. The first-order valence-corrected chi connectivity index (χ1v) is 12.5. The van der Waals surface area contributed by atoms with Gasteiger partial charge in [0.25, 0.3) is 5.56 Å². The lowest BCUT2D eigenvalue weighted by Crippen LogP contribution is -2.51. The monoisotopic (exact) mass is 481 g/mol. The normalized spacial score (nSPS) is 15.0. The predicted octanol–water partition coefficient (Wildman–Crippen LogP) is 3.61. The van der Waals surface area contributed by atoms with Gasteiger partial charge in [-0.05, 0) is 65.7 Å². The molecule has 0 aliphatic carbocycles. The lowest BCUT2D eigenvalue weighted by atomic mass is 10.0. The first kappa shape index (κ1) is 26.6. The molecule has 1 saturated heterocycles. The minimum Gasteiger partial charge on any atom is -0.488 e. The second-order valence-electron chi connectivity index (χ2n) is 10.5. The Labute approximate surface area is 208 Å². The highest BCUT2D eigenvalue weighted by molar-refractivity contribution is 5.40. The quantitative estimate of drug-likeness (QED) is 0.544. The fourth-order valence-electron chi connectivity index (χ4n) is 4.53. The highest BCUT2D eigenvalue weighted by atomic mass is 16.5. The molecule has 3 rings (SSSR count). The molecule has 0 saturated carbocycles. The summed E-state index contributed by atoms with van der Waals surface area (Å²) in [6, 6.07) is 11.3. The van der Waals surface area contributed by atoms with Gasteiger partial charge in [-0.25, -0.2) is 4.79 Å². The predicted molar refractivity (Wildman–Crippen MR) is 139 cm³/mol. The van der Waals surface area contributed by atoms with Crippen LogP contribution in [-0.4, -0.2) is 52.4 Å². The molecule has 1 aliphatic rings. The highest BCUT2D eigenvalue weighted by Crippen LogP contribution is 2.23. The van der Waals surface area contributed by atoms with Crippen molar-refractivity contribution in [3.8, 4) is 11.8 Å². The largest absolute Gasteiger partial charge is 0.488 e. The molecule has 1 aromatic carbocycles. The van der Waals surface area contributed by atoms with E-state index in [1.807, 2.05) is 52.0 Å². The molecule has 0 bridgehead atoms. The maximum absolute atomic E-state index is 13.1. The van der Waals surface area contributed by atoms with E-state index < -0.39 is 0 Å².